The zero-order valence-corrected chi connectivity index (χ0v) is 30.1. The lowest BCUT2D eigenvalue weighted by atomic mass is 10.1. The van der Waals surface area contributed by atoms with Gasteiger partial charge in [-0.15, -0.1) is 0 Å². The lowest BCUT2D eigenvalue weighted by molar-refractivity contribution is -0.383. The monoisotopic (exact) mass is 776 g/mol. The van der Waals surface area contributed by atoms with Gasteiger partial charge in [-0.25, -0.2) is 4.98 Å². The number of nitrogens with two attached hydrogens (primary N) is 1. The lowest BCUT2D eigenvalue weighted by Gasteiger charge is -2.02. The van der Waals surface area contributed by atoms with Gasteiger partial charge in [0.1, 0.15) is 5.15 Å². The highest BCUT2D eigenvalue weighted by atomic mass is 35.5. The second-order valence-electron chi connectivity index (χ2n) is 11.8. The molecule has 8 rings (SSSR count). The number of anilines is 1. The van der Waals surface area contributed by atoms with Crippen molar-refractivity contribution in [3.63, 3.8) is 0 Å². The number of nitrogens with zero attached hydrogens (tertiary/aromatic N) is 6. The van der Waals surface area contributed by atoms with Crippen molar-refractivity contribution < 1.29 is 14.8 Å². The van der Waals surface area contributed by atoms with Gasteiger partial charge >= 0.3 is 0 Å². The van der Waals surface area contributed by atoms with E-state index in [0.29, 0.717) is 43.4 Å². The van der Waals surface area contributed by atoms with E-state index in [4.69, 9.17) is 17.3 Å². The number of nitro groups is 3. The Kier molecular flexibility index (Phi) is 11.9. The first-order chi connectivity index (χ1) is 26.7. The van der Waals surface area contributed by atoms with Crippen LogP contribution < -0.4 is 22.4 Å². The summed E-state index contributed by atoms with van der Waals surface area (Å²) >= 11 is 5.80. The zero-order valence-electron chi connectivity index (χ0n) is 29.4. The summed E-state index contributed by atoms with van der Waals surface area (Å²) in [6, 6.07) is 25.6. The van der Waals surface area contributed by atoms with Gasteiger partial charge in [0, 0.05) is 78.9 Å². The number of pyridine rings is 4. The molecular formula is C38H29ClN8O9. The molecule has 4 aromatic heterocycles. The molecule has 0 spiro atoms. The van der Waals surface area contributed by atoms with E-state index in [1.807, 2.05) is 6.07 Å². The molecule has 18 heteroatoms. The minimum absolute atomic E-state index is 0.00944. The number of aryl methyl sites for hydroxylation is 2. The molecule has 17 nitrogen and oxygen atoms in total. The quantitative estimate of drug-likeness (QED) is 0.0817. The molecule has 0 unspecified atom stereocenters. The number of aromatic nitrogens is 4. The first kappa shape index (κ1) is 39.4. The van der Waals surface area contributed by atoms with Crippen molar-refractivity contribution in [1.82, 2.24) is 19.1 Å². The Bertz CT molecular complexity index is 3000. The van der Waals surface area contributed by atoms with Gasteiger partial charge in [-0.05, 0) is 48.5 Å². The highest BCUT2D eigenvalue weighted by molar-refractivity contribution is 6.34. The molecule has 56 heavy (non-hydrogen) atoms. The molecule has 0 aliphatic carbocycles. The standard InChI is InChI=1S/C10H8N2O3.C10H10N2O.C9H5ClN2O2.C9H6N2O3/c1-11-6-5-7-8(10(11)13)3-2-4-9(7)12(14)15;1-12-6-5-7-8(10(12)13)3-2-4-9(7)11;10-9-7-2-1-3-8(12(13)14)6(7)4-5-11-9;12-9-7-2-1-3-8(11(13)14)6(7)4-5-10-9/h2-6H,1H3;2-6H,11H2,1H3;1-5H;1-5H,(H,10,12). The topological polar surface area (TPSA) is 245 Å². The molecule has 0 saturated carbocycles. The van der Waals surface area contributed by atoms with Gasteiger partial charge in [0.05, 0.1) is 41.7 Å². The molecule has 3 N–H and O–H groups in total. The first-order valence-corrected chi connectivity index (χ1v) is 16.6. The maximum absolute atomic E-state index is 11.6. The summed E-state index contributed by atoms with van der Waals surface area (Å²) in [4.78, 5) is 71.4. The molecule has 8 aromatic rings. The number of nitro benzene ring substituents is 3. The largest absolute Gasteiger partial charge is 0.398 e. The molecule has 0 aliphatic rings. The summed E-state index contributed by atoms with van der Waals surface area (Å²) in [6.07, 6.45) is 6.11. The predicted molar refractivity (Wildman–Crippen MR) is 214 cm³/mol. The molecule has 4 aromatic carbocycles. The Morgan fingerprint density at radius 1 is 0.571 bits per heavy atom. The number of aromatic amines is 1. The van der Waals surface area contributed by atoms with Crippen LogP contribution in [0.5, 0.6) is 0 Å². The van der Waals surface area contributed by atoms with E-state index in [0.717, 1.165) is 5.39 Å². The molecule has 0 amide bonds. The van der Waals surface area contributed by atoms with Crippen molar-refractivity contribution in [2.75, 3.05) is 5.73 Å². The summed E-state index contributed by atoms with van der Waals surface area (Å²) in [7, 11) is 3.34. The highest BCUT2D eigenvalue weighted by Gasteiger charge is 2.14. The normalized spacial score (nSPS) is 10.4. The predicted octanol–water partition coefficient (Wildman–Crippen LogP) is 6.80. The molecule has 0 saturated heterocycles. The van der Waals surface area contributed by atoms with Crippen LogP contribution in [0.2, 0.25) is 5.15 Å². The molecule has 4 heterocycles. The van der Waals surface area contributed by atoms with Crippen molar-refractivity contribution >= 4 is 77.4 Å². The molecule has 0 aliphatic heterocycles. The summed E-state index contributed by atoms with van der Waals surface area (Å²) in [5, 5.41) is 36.3. The van der Waals surface area contributed by atoms with Crippen molar-refractivity contribution in [3.8, 4) is 0 Å². The molecule has 0 bridgehead atoms. The summed E-state index contributed by atoms with van der Waals surface area (Å²) < 4.78 is 2.94. The van der Waals surface area contributed by atoms with Gasteiger partial charge in [-0.2, -0.15) is 0 Å². The van der Waals surface area contributed by atoms with E-state index in [1.165, 1.54) is 59.6 Å². The van der Waals surface area contributed by atoms with Crippen LogP contribution >= 0.6 is 11.6 Å². The maximum Gasteiger partial charge on any atom is 0.277 e. The fourth-order valence-electron chi connectivity index (χ4n) is 5.60. The Labute approximate surface area is 318 Å². The third kappa shape index (κ3) is 8.37. The first-order valence-electron chi connectivity index (χ1n) is 16.2. The number of H-pyrrole nitrogens is 1. The fourth-order valence-corrected chi connectivity index (χ4v) is 5.82. The van der Waals surface area contributed by atoms with Crippen LogP contribution in [-0.4, -0.2) is 33.9 Å². The van der Waals surface area contributed by atoms with Gasteiger partial charge in [-0.1, -0.05) is 41.9 Å². The highest BCUT2D eigenvalue weighted by Crippen LogP contribution is 2.28. The Morgan fingerprint density at radius 2 is 1.00 bits per heavy atom. The minimum atomic E-state index is -0.498. The number of nitrogens with one attached hydrogen (secondary N) is 1. The van der Waals surface area contributed by atoms with Gasteiger partial charge < -0.3 is 19.9 Å². The summed E-state index contributed by atoms with van der Waals surface area (Å²) in [5.41, 5.74) is 5.79. The minimum Gasteiger partial charge on any atom is -0.398 e. The van der Waals surface area contributed by atoms with Crippen molar-refractivity contribution in [3.05, 3.63) is 188 Å². The zero-order chi connectivity index (χ0) is 40.7. The molecular weight excluding hydrogens is 748 g/mol. The van der Waals surface area contributed by atoms with E-state index >= 15 is 0 Å². The molecule has 0 atom stereocenters. The summed E-state index contributed by atoms with van der Waals surface area (Å²) in [5.74, 6) is 0. The van der Waals surface area contributed by atoms with Crippen LogP contribution in [0, 0.1) is 30.3 Å². The smallest absolute Gasteiger partial charge is 0.277 e. The number of rotatable bonds is 3. The Morgan fingerprint density at radius 3 is 1.54 bits per heavy atom. The molecule has 0 fully saturated rings. The number of benzene rings is 4. The number of fused-ring (bicyclic) bond motifs is 4. The third-order valence-corrected chi connectivity index (χ3v) is 8.67. The maximum atomic E-state index is 11.6. The van der Waals surface area contributed by atoms with Crippen LogP contribution in [0.1, 0.15) is 0 Å². The number of nitrogen functional groups attached to an aromatic ring is 1. The van der Waals surface area contributed by atoms with Gasteiger partial charge in [0.2, 0.25) is 0 Å². The second-order valence-corrected chi connectivity index (χ2v) is 12.2. The number of hydrogen-bond acceptors (Lipinski definition) is 11. The van der Waals surface area contributed by atoms with Crippen molar-refractivity contribution in [2.24, 2.45) is 14.1 Å². The van der Waals surface area contributed by atoms with Crippen LogP contribution in [0.25, 0.3) is 43.1 Å². The van der Waals surface area contributed by atoms with E-state index in [9.17, 15) is 44.7 Å². The van der Waals surface area contributed by atoms with Gasteiger partial charge in [0.25, 0.3) is 33.7 Å². The Balaban J connectivity index is 0.000000143. The van der Waals surface area contributed by atoms with Crippen molar-refractivity contribution in [2.45, 2.75) is 0 Å². The molecule has 282 valence electrons. The van der Waals surface area contributed by atoms with E-state index in [1.54, 1.807) is 79.5 Å². The average molecular weight is 777 g/mol. The van der Waals surface area contributed by atoms with Gasteiger partial charge in [-0.3, -0.25) is 44.7 Å². The van der Waals surface area contributed by atoms with E-state index in [-0.39, 0.29) is 38.9 Å². The fraction of sp³-hybridized carbons (Fsp3) is 0.0526. The average Bonchev–Trinajstić information content (AvgIpc) is 3.18. The van der Waals surface area contributed by atoms with E-state index in [2.05, 4.69) is 9.97 Å². The SMILES string of the molecule is Cn1ccc2c(N)cccc2c1=O.Cn1ccc2c([N+](=O)[O-])cccc2c1=O.O=[N+]([O-])c1cccc2c(Cl)nccc12.O=c1[nH]ccc2c([N+](=O)[O-])cccc12. The van der Waals surface area contributed by atoms with Crippen LogP contribution in [0.4, 0.5) is 22.7 Å². The number of non-ortho nitro benzene ring substituents is 3. The lowest BCUT2D eigenvalue weighted by Crippen LogP contribution is -2.15. The van der Waals surface area contributed by atoms with Crippen molar-refractivity contribution in [1.29, 1.82) is 0 Å². The van der Waals surface area contributed by atoms with Crippen LogP contribution in [0.3, 0.4) is 0 Å². The number of hydrogen-bond donors (Lipinski definition) is 2. The third-order valence-electron chi connectivity index (χ3n) is 8.37. The van der Waals surface area contributed by atoms with E-state index < -0.39 is 14.8 Å². The number of halogens is 1. The summed E-state index contributed by atoms with van der Waals surface area (Å²) in [6.45, 7) is 0. The van der Waals surface area contributed by atoms with Crippen LogP contribution in [-0.2, 0) is 14.1 Å². The Hall–Kier alpha value is -7.79. The van der Waals surface area contributed by atoms with Crippen LogP contribution in [0.15, 0.2) is 136 Å². The van der Waals surface area contributed by atoms with Gasteiger partial charge in [0.15, 0.2) is 0 Å². The molecule has 0 radical (unpaired) electrons. The second kappa shape index (κ2) is 16.9.